The normalized spacial score (nSPS) is 20.7. The van der Waals surface area contributed by atoms with E-state index in [4.69, 9.17) is 4.74 Å². The van der Waals surface area contributed by atoms with E-state index in [1.54, 1.807) is 13.8 Å². The fraction of sp³-hybridized carbons (Fsp3) is 0.600. The molecule has 0 aromatic heterocycles. The monoisotopic (exact) mass is 212 g/mol. The fourth-order valence-corrected chi connectivity index (χ4v) is 1.58. The molecule has 1 heterocycles. The zero-order valence-electron chi connectivity index (χ0n) is 9.22. The molecule has 1 atom stereocenters. The summed E-state index contributed by atoms with van der Waals surface area (Å²) >= 11 is 0. The molecule has 2 N–H and O–H groups in total. The van der Waals surface area contributed by atoms with Gasteiger partial charge in [-0.2, -0.15) is 0 Å². The second-order valence-corrected chi connectivity index (χ2v) is 3.32. The van der Waals surface area contributed by atoms with Crippen molar-refractivity contribution in [2.24, 2.45) is 0 Å². The highest BCUT2D eigenvalue weighted by atomic mass is 16.5. The van der Waals surface area contributed by atoms with Crippen molar-refractivity contribution in [2.45, 2.75) is 33.2 Å². The average molecular weight is 212 g/mol. The number of amides is 2. The van der Waals surface area contributed by atoms with Crippen molar-refractivity contribution in [1.82, 2.24) is 10.6 Å². The van der Waals surface area contributed by atoms with Crippen LogP contribution in [-0.4, -0.2) is 24.6 Å². The summed E-state index contributed by atoms with van der Waals surface area (Å²) in [5.74, 6) is -0.366. The van der Waals surface area contributed by atoms with Gasteiger partial charge in [0.05, 0.1) is 18.2 Å². The van der Waals surface area contributed by atoms with Gasteiger partial charge < -0.3 is 15.4 Å². The molecule has 5 heteroatoms. The Bertz CT molecular complexity index is 310. The van der Waals surface area contributed by atoms with Gasteiger partial charge in [0.15, 0.2) is 0 Å². The van der Waals surface area contributed by atoms with E-state index in [-0.39, 0.29) is 18.0 Å². The lowest BCUT2D eigenvalue weighted by molar-refractivity contribution is -0.139. The number of hydrogen-bond donors (Lipinski definition) is 2. The van der Waals surface area contributed by atoms with Crippen LogP contribution in [0.1, 0.15) is 27.2 Å². The third-order valence-electron chi connectivity index (χ3n) is 2.26. The van der Waals surface area contributed by atoms with Gasteiger partial charge in [0.1, 0.15) is 0 Å². The Morgan fingerprint density at radius 1 is 1.47 bits per heavy atom. The first-order valence-corrected chi connectivity index (χ1v) is 5.05. The van der Waals surface area contributed by atoms with Crippen molar-refractivity contribution in [3.8, 4) is 0 Å². The smallest absolute Gasteiger partial charge is 0.337 e. The molecule has 0 saturated heterocycles. The molecule has 2 amide bonds. The Morgan fingerprint density at radius 2 is 2.13 bits per heavy atom. The highest BCUT2D eigenvalue weighted by Crippen LogP contribution is 2.16. The Hall–Kier alpha value is -1.52. The summed E-state index contributed by atoms with van der Waals surface area (Å²) in [6.45, 7) is 5.69. The summed E-state index contributed by atoms with van der Waals surface area (Å²) in [6, 6.07) is -0.523. The summed E-state index contributed by atoms with van der Waals surface area (Å²) in [7, 11) is 0. The molecule has 0 radical (unpaired) electrons. The summed E-state index contributed by atoms with van der Waals surface area (Å²) in [5, 5.41) is 5.24. The molecule has 15 heavy (non-hydrogen) atoms. The first-order valence-electron chi connectivity index (χ1n) is 5.05. The standard InChI is InChI=1S/C10H16N2O3/c1-4-7-8(9(13)15-5-2)6(3)11-10(14)12-7/h7H,4-5H2,1-3H3,(H2,11,12,14). The predicted molar refractivity (Wildman–Crippen MR) is 55.1 cm³/mol. The number of ether oxygens (including phenoxy) is 1. The van der Waals surface area contributed by atoms with Crippen LogP contribution in [-0.2, 0) is 9.53 Å². The van der Waals surface area contributed by atoms with Crippen LogP contribution in [0.3, 0.4) is 0 Å². The van der Waals surface area contributed by atoms with Crippen LogP contribution < -0.4 is 10.6 Å². The minimum absolute atomic E-state index is 0.252. The van der Waals surface area contributed by atoms with Gasteiger partial charge in [-0.3, -0.25) is 0 Å². The Balaban J connectivity index is 2.93. The maximum absolute atomic E-state index is 11.6. The fourth-order valence-electron chi connectivity index (χ4n) is 1.58. The molecule has 1 rings (SSSR count). The Morgan fingerprint density at radius 3 is 2.67 bits per heavy atom. The van der Waals surface area contributed by atoms with E-state index in [1.807, 2.05) is 6.92 Å². The van der Waals surface area contributed by atoms with E-state index in [9.17, 15) is 9.59 Å². The van der Waals surface area contributed by atoms with Gasteiger partial charge in [-0.25, -0.2) is 9.59 Å². The molecule has 0 aromatic rings. The second-order valence-electron chi connectivity index (χ2n) is 3.32. The molecule has 1 aliphatic rings. The molecule has 0 saturated carbocycles. The van der Waals surface area contributed by atoms with E-state index in [1.165, 1.54) is 0 Å². The zero-order valence-corrected chi connectivity index (χ0v) is 9.22. The van der Waals surface area contributed by atoms with Crippen molar-refractivity contribution in [3.63, 3.8) is 0 Å². The number of nitrogens with one attached hydrogen (secondary N) is 2. The molecular weight excluding hydrogens is 196 g/mol. The third kappa shape index (κ3) is 2.49. The number of esters is 1. The minimum Gasteiger partial charge on any atom is -0.463 e. The molecule has 0 aliphatic carbocycles. The SMILES string of the molecule is CCOC(=O)C1=C(C)NC(=O)NC1CC. The van der Waals surface area contributed by atoms with Gasteiger partial charge >= 0.3 is 12.0 Å². The van der Waals surface area contributed by atoms with Gasteiger partial charge in [0.2, 0.25) is 0 Å². The van der Waals surface area contributed by atoms with Crippen molar-refractivity contribution in [3.05, 3.63) is 11.3 Å². The number of allylic oxidation sites excluding steroid dienone is 1. The molecule has 5 nitrogen and oxygen atoms in total. The van der Waals surface area contributed by atoms with Crippen molar-refractivity contribution < 1.29 is 14.3 Å². The molecule has 0 bridgehead atoms. The van der Waals surface area contributed by atoms with E-state index >= 15 is 0 Å². The number of urea groups is 1. The molecule has 1 unspecified atom stereocenters. The molecule has 0 fully saturated rings. The third-order valence-corrected chi connectivity index (χ3v) is 2.26. The van der Waals surface area contributed by atoms with Crippen LogP contribution in [0, 0.1) is 0 Å². The van der Waals surface area contributed by atoms with Crippen LogP contribution >= 0.6 is 0 Å². The number of carbonyl (C=O) groups excluding carboxylic acids is 2. The van der Waals surface area contributed by atoms with Crippen LogP contribution in [0.4, 0.5) is 4.79 Å². The van der Waals surface area contributed by atoms with Gasteiger partial charge in [0.25, 0.3) is 0 Å². The van der Waals surface area contributed by atoms with Gasteiger partial charge in [-0.1, -0.05) is 6.92 Å². The van der Waals surface area contributed by atoms with E-state index in [0.717, 1.165) is 0 Å². The highest BCUT2D eigenvalue weighted by molar-refractivity contribution is 5.94. The van der Waals surface area contributed by atoms with Crippen molar-refractivity contribution >= 4 is 12.0 Å². The maximum atomic E-state index is 11.6. The van der Waals surface area contributed by atoms with E-state index < -0.39 is 0 Å². The Labute approximate surface area is 88.9 Å². The lowest BCUT2D eigenvalue weighted by atomic mass is 10.0. The summed E-state index contributed by atoms with van der Waals surface area (Å²) < 4.78 is 4.93. The largest absolute Gasteiger partial charge is 0.463 e. The molecule has 1 aliphatic heterocycles. The van der Waals surface area contributed by atoms with E-state index in [0.29, 0.717) is 24.3 Å². The highest BCUT2D eigenvalue weighted by Gasteiger charge is 2.29. The molecule has 0 spiro atoms. The molecule has 84 valence electrons. The summed E-state index contributed by atoms with van der Waals surface area (Å²) in [4.78, 5) is 22.8. The predicted octanol–water partition coefficient (Wildman–Crippen LogP) is 0.915. The van der Waals surface area contributed by atoms with Gasteiger partial charge in [0, 0.05) is 5.70 Å². The quantitative estimate of drug-likeness (QED) is 0.683. The number of hydrogen-bond acceptors (Lipinski definition) is 3. The minimum atomic E-state index is -0.366. The Kier molecular flexibility index (Phi) is 3.71. The maximum Gasteiger partial charge on any atom is 0.337 e. The lowest BCUT2D eigenvalue weighted by Gasteiger charge is -2.26. The summed E-state index contributed by atoms with van der Waals surface area (Å²) in [6.07, 6.45) is 0.666. The first kappa shape index (κ1) is 11.6. The van der Waals surface area contributed by atoms with Gasteiger partial charge in [-0.15, -0.1) is 0 Å². The van der Waals surface area contributed by atoms with Crippen LogP contribution in [0.25, 0.3) is 0 Å². The van der Waals surface area contributed by atoms with Crippen molar-refractivity contribution in [2.75, 3.05) is 6.61 Å². The first-order chi connectivity index (χ1) is 7.10. The topological polar surface area (TPSA) is 67.4 Å². The van der Waals surface area contributed by atoms with Crippen molar-refractivity contribution in [1.29, 1.82) is 0 Å². The lowest BCUT2D eigenvalue weighted by Crippen LogP contribution is -2.49. The molecular formula is C10H16N2O3. The second kappa shape index (κ2) is 4.82. The average Bonchev–Trinajstić information content (AvgIpc) is 2.16. The van der Waals surface area contributed by atoms with Crippen LogP contribution in [0.15, 0.2) is 11.3 Å². The van der Waals surface area contributed by atoms with Crippen LogP contribution in [0.2, 0.25) is 0 Å². The van der Waals surface area contributed by atoms with E-state index in [2.05, 4.69) is 10.6 Å². The molecule has 0 aromatic carbocycles. The van der Waals surface area contributed by atoms with Gasteiger partial charge in [-0.05, 0) is 20.3 Å². The summed E-state index contributed by atoms with van der Waals surface area (Å²) in [5.41, 5.74) is 1.09. The zero-order chi connectivity index (χ0) is 11.4. The number of rotatable bonds is 3. The van der Waals surface area contributed by atoms with Crippen LogP contribution in [0.5, 0.6) is 0 Å². The number of carbonyl (C=O) groups is 2.